The summed E-state index contributed by atoms with van der Waals surface area (Å²) in [6, 6.07) is 6.17. The summed E-state index contributed by atoms with van der Waals surface area (Å²) in [6.07, 6.45) is 8.33. The first-order valence-corrected chi connectivity index (χ1v) is 9.69. The molecule has 0 atom stereocenters. The number of hydrogen-bond donors (Lipinski definition) is 1. The predicted molar refractivity (Wildman–Crippen MR) is 103 cm³/mol. The van der Waals surface area contributed by atoms with E-state index in [1.165, 1.54) is 44.1 Å². The van der Waals surface area contributed by atoms with Crippen molar-refractivity contribution in [1.82, 2.24) is 5.32 Å². The van der Waals surface area contributed by atoms with Crippen molar-refractivity contribution >= 4 is 0 Å². The quantitative estimate of drug-likeness (QED) is 0.468. The van der Waals surface area contributed by atoms with E-state index in [-0.39, 0.29) is 12.2 Å². The highest BCUT2D eigenvalue weighted by Crippen LogP contribution is 2.26. The smallest absolute Gasteiger partial charge is 0.127 e. The van der Waals surface area contributed by atoms with E-state index >= 15 is 0 Å². The molecule has 0 aromatic heterocycles. The molecular formula is C21H37NO2. The molecule has 0 bridgehead atoms. The van der Waals surface area contributed by atoms with E-state index in [0.717, 1.165) is 24.6 Å². The zero-order valence-corrected chi connectivity index (χ0v) is 16.4. The summed E-state index contributed by atoms with van der Waals surface area (Å²) >= 11 is 0. The minimum absolute atomic E-state index is 0.164. The lowest BCUT2D eigenvalue weighted by Gasteiger charge is -2.17. The summed E-state index contributed by atoms with van der Waals surface area (Å²) in [5, 5.41) is 3.55. The Hall–Kier alpha value is -1.22. The van der Waals surface area contributed by atoms with Gasteiger partial charge in [-0.3, -0.25) is 0 Å². The van der Waals surface area contributed by atoms with Crippen molar-refractivity contribution in [2.75, 3.05) is 6.54 Å². The fourth-order valence-corrected chi connectivity index (χ4v) is 2.64. The van der Waals surface area contributed by atoms with E-state index in [2.05, 4.69) is 32.2 Å². The van der Waals surface area contributed by atoms with Gasteiger partial charge in [-0.15, -0.1) is 0 Å². The Morgan fingerprint density at radius 1 is 0.875 bits per heavy atom. The fourth-order valence-electron chi connectivity index (χ4n) is 2.64. The van der Waals surface area contributed by atoms with Crippen LogP contribution in [0, 0.1) is 0 Å². The molecule has 0 fully saturated rings. The molecule has 24 heavy (non-hydrogen) atoms. The molecule has 3 heteroatoms. The average molecular weight is 336 g/mol. The van der Waals surface area contributed by atoms with E-state index in [1.54, 1.807) is 0 Å². The number of unbranched alkanes of at least 4 members (excludes halogenated alkanes) is 5. The summed E-state index contributed by atoms with van der Waals surface area (Å²) in [5.41, 5.74) is 1.20. The predicted octanol–water partition coefficient (Wildman–Crippen LogP) is 5.71. The summed E-state index contributed by atoms with van der Waals surface area (Å²) in [4.78, 5) is 0. The van der Waals surface area contributed by atoms with E-state index < -0.39 is 0 Å². The molecule has 0 radical (unpaired) electrons. The third-order valence-corrected chi connectivity index (χ3v) is 3.80. The molecule has 1 N–H and O–H groups in total. The minimum Gasteiger partial charge on any atom is -0.491 e. The number of rotatable bonds is 13. The molecule has 138 valence electrons. The molecule has 0 amide bonds. The molecule has 1 aromatic rings. The molecule has 1 aromatic carbocycles. The third-order valence-electron chi connectivity index (χ3n) is 3.80. The lowest BCUT2D eigenvalue weighted by atomic mass is 10.1. The van der Waals surface area contributed by atoms with Gasteiger partial charge in [0, 0.05) is 18.2 Å². The van der Waals surface area contributed by atoms with Crippen LogP contribution in [0.3, 0.4) is 0 Å². The van der Waals surface area contributed by atoms with Crippen molar-refractivity contribution in [1.29, 1.82) is 0 Å². The van der Waals surface area contributed by atoms with Gasteiger partial charge in [-0.25, -0.2) is 0 Å². The summed E-state index contributed by atoms with van der Waals surface area (Å²) in [6.45, 7) is 12.4. The first kappa shape index (κ1) is 20.8. The van der Waals surface area contributed by atoms with Crippen molar-refractivity contribution in [3.63, 3.8) is 0 Å². The van der Waals surface area contributed by atoms with Crippen LogP contribution in [0.2, 0.25) is 0 Å². The average Bonchev–Trinajstić information content (AvgIpc) is 2.50. The van der Waals surface area contributed by atoms with Crippen molar-refractivity contribution in [3.8, 4) is 11.5 Å². The van der Waals surface area contributed by atoms with Crippen molar-refractivity contribution in [2.45, 2.75) is 91.9 Å². The Labute approximate surface area is 149 Å². The summed E-state index contributed by atoms with van der Waals surface area (Å²) in [7, 11) is 0. The Morgan fingerprint density at radius 2 is 1.54 bits per heavy atom. The highest BCUT2D eigenvalue weighted by Gasteiger charge is 2.09. The van der Waals surface area contributed by atoms with E-state index in [9.17, 15) is 0 Å². The highest BCUT2D eigenvalue weighted by atomic mass is 16.5. The summed E-state index contributed by atoms with van der Waals surface area (Å²) < 4.78 is 11.8. The van der Waals surface area contributed by atoms with Crippen LogP contribution in [-0.2, 0) is 6.54 Å². The fraction of sp³-hybridized carbons (Fsp3) is 0.714. The van der Waals surface area contributed by atoms with E-state index in [1.807, 2.05) is 26.0 Å². The Kier molecular flexibility index (Phi) is 10.6. The van der Waals surface area contributed by atoms with E-state index in [0.29, 0.717) is 0 Å². The highest BCUT2D eigenvalue weighted by molar-refractivity contribution is 5.41. The molecule has 0 heterocycles. The van der Waals surface area contributed by atoms with Gasteiger partial charge in [-0.1, -0.05) is 45.1 Å². The standard InChI is InChI=1S/C21H37NO2/c1-6-7-8-9-10-11-14-22-16-19-12-13-20(23-17(2)3)15-21(19)24-18(4)5/h12-13,15,17-18,22H,6-11,14,16H2,1-5H3. The summed E-state index contributed by atoms with van der Waals surface area (Å²) in [5.74, 6) is 1.80. The monoisotopic (exact) mass is 335 g/mol. The molecule has 0 saturated heterocycles. The second-order valence-corrected chi connectivity index (χ2v) is 7.05. The Bertz CT molecular complexity index is 443. The van der Waals surface area contributed by atoms with Crippen LogP contribution in [0.15, 0.2) is 18.2 Å². The molecule has 0 saturated carbocycles. The molecule has 0 aliphatic carbocycles. The van der Waals surface area contributed by atoms with Gasteiger partial charge >= 0.3 is 0 Å². The van der Waals surface area contributed by atoms with Crippen molar-refractivity contribution in [2.24, 2.45) is 0 Å². The van der Waals surface area contributed by atoms with Crippen LogP contribution in [-0.4, -0.2) is 18.8 Å². The van der Waals surface area contributed by atoms with Gasteiger partial charge < -0.3 is 14.8 Å². The minimum atomic E-state index is 0.164. The van der Waals surface area contributed by atoms with E-state index in [4.69, 9.17) is 9.47 Å². The zero-order chi connectivity index (χ0) is 17.8. The molecule has 0 unspecified atom stereocenters. The van der Waals surface area contributed by atoms with Crippen molar-refractivity contribution in [3.05, 3.63) is 23.8 Å². The third kappa shape index (κ3) is 9.17. The van der Waals surface area contributed by atoms with Crippen LogP contribution in [0.25, 0.3) is 0 Å². The number of nitrogens with one attached hydrogen (secondary N) is 1. The van der Waals surface area contributed by atoms with Crippen LogP contribution in [0.4, 0.5) is 0 Å². The zero-order valence-electron chi connectivity index (χ0n) is 16.4. The first-order chi connectivity index (χ1) is 11.5. The molecule has 1 rings (SSSR count). The number of hydrogen-bond acceptors (Lipinski definition) is 3. The lowest BCUT2D eigenvalue weighted by molar-refractivity contribution is 0.227. The topological polar surface area (TPSA) is 30.5 Å². The normalized spacial score (nSPS) is 11.3. The molecular weight excluding hydrogens is 298 g/mol. The molecule has 0 spiro atoms. The van der Waals surface area contributed by atoms with Gasteiger partial charge in [0.15, 0.2) is 0 Å². The van der Waals surface area contributed by atoms with Gasteiger partial charge in [-0.05, 0) is 46.7 Å². The molecule has 0 aliphatic rings. The van der Waals surface area contributed by atoms with Gasteiger partial charge in [0.05, 0.1) is 12.2 Å². The largest absolute Gasteiger partial charge is 0.491 e. The van der Waals surface area contributed by atoms with Gasteiger partial charge in [0.1, 0.15) is 11.5 Å². The van der Waals surface area contributed by atoms with Crippen LogP contribution >= 0.6 is 0 Å². The first-order valence-electron chi connectivity index (χ1n) is 9.69. The Morgan fingerprint density at radius 3 is 2.21 bits per heavy atom. The van der Waals surface area contributed by atoms with Gasteiger partial charge in [0.2, 0.25) is 0 Å². The molecule has 3 nitrogen and oxygen atoms in total. The maximum Gasteiger partial charge on any atom is 0.127 e. The van der Waals surface area contributed by atoms with Crippen LogP contribution in [0.1, 0.15) is 78.7 Å². The second-order valence-electron chi connectivity index (χ2n) is 7.05. The maximum absolute atomic E-state index is 5.97. The maximum atomic E-state index is 5.97. The van der Waals surface area contributed by atoms with Crippen molar-refractivity contribution < 1.29 is 9.47 Å². The lowest BCUT2D eigenvalue weighted by Crippen LogP contribution is -2.17. The molecule has 0 aliphatic heterocycles. The SMILES string of the molecule is CCCCCCCCNCc1ccc(OC(C)C)cc1OC(C)C. The van der Waals surface area contributed by atoms with Gasteiger partial charge in [0.25, 0.3) is 0 Å². The second kappa shape index (κ2) is 12.2. The van der Waals surface area contributed by atoms with Gasteiger partial charge in [-0.2, -0.15) is 0 Å². The van der Waals surface area contributed by atoms with Crippen LogP contribution < -0.4 is 14.8 Å². The number of benzene rings is 1. The number of ether oxygens (including phenoxy) is 2. The van der Waals surface area contributed by atoms with Crippen LogP contribution in [0.5, 0.6) is 11.5 Å². The Balaban J connectivity index is 2.44.